The fourth-order valence-corrected chi connectivity index (χ4v) is 8.31. The first-order valence-electron chi connectivity index (χ1n) is 16.6. The minimum absolute atomic E-state index is 0.198. The molecule has 1 aliphatic rings. The second-order valence-corrected chi connectivity index (χ2v) is 13.3. The molecule has 3 heteroatoms. The van der Waals surface area contributed by atoms with Gasteiger partial charge in [-0.1, -0.05) is 111 Å². The first-order chi connectivity index (χ1) is 23.6. The predicted octanol–water partition coefficient (Wildman–Crippen LogP) is 12.5. The zero-order valence-electron chi connectivity index (χ0n) is 26.8. The van der Waals surface area contributed by atoms with E-state index in [2.05, 4.69) is 175 Å². The van der Waals surface area contributed by atoms with Crippen LogP contribution in [0.4, 0.5) is 17.1 Å². The molecule has 0 unspecified atom stereocenters. The fourth-order valence-electron chi connectivity index (χ4n) is 8.31. The molecule has 0 N–H and O–H groups in total. The van der Waals surface area contributed by atoms with Crippen molar-refractivity contribution in [1.82, 2.24) is 4.57 Å². The van der Waals surface area contributed by atoms with Crippen molar-refractivity contribution in [3.05, 3.63) is 169 Å². The van der Waals surface area contributed by atoms with Crippen molar-refractivity contribution in [2.24, 2.45) is 0 Å². The number of nitrogens with zero attached hydrogens (tertiary/aromatic N) is 2. The first kappa shape index (κ1) is 27.1. The van der Waals surface area contributed by atoms with Gasteiger partial charge in [0, 0.05) is 44.4 Å². The van der Waals surface area contributed by atoms with Crippen LogP contribution in [-0.2, 0) is 5.41 Å². The molecule has 0 amide bonds. The van der Waals surface area contributed by atoms with E-state index in [9.17, 15) is 0 Å². The van der Waals surface area contributed by atoms with Crippen molar-refractivity contribution in [2.75, 3.05) is 4.90 Å². The number of furan rings is 1. The number of hydrogen-bond acceptors (Lipinski definition) is 2. The average molecular weight is 617 g/mol. The number of anilines is 3. The third-order valence-electron chi connectivity index (χ3n) is 10.4. The van der Waals surface area contributed by atoms with Crippen LogP contribution in [0, 0.1) is 0 Å². The molecule has 2 heterocycles. The molecular formula is C45H32N2O. The molecule has 0 saturated heterocycles. The monoisotopic (exact) mass is 616 g/mol. The van der Waals surface area contributed by atoms with Crippen molar-refractivity contribution < 1.29 is 4.42 Å². The molecule has 0 bridgehead atoms. The zero-order chi connectivity index (χ0) is 32.0. The van der Waals surface area contributed by atoms with Gasteiger partial charge in [0.15, 0.2) is 0 Å². The van der Waals surface area contributed by atoms with Crippen LogP contribution < -0.4 is 4.90 Å². The van der Waals surface area contributed by atoms with Crippen molar-refractivity contribution in [3.63, 3.8) is 0 Å². The Hall–Kier alpha value is -6.06. The van der Waals surface area contributed by atoms with E-state index in [1.54, 1.807) is 0 Å². The normalized spacial score (nSPS) is 13.4. The summed E-state index contributed by atoms with van der Waals surface area (Å²) in [6, 6.07) is 56.9. The van der Waals surface area contributed by atoms with Gasteiger partial charge in [-0.15, -0.1) is 0 Å². The maximum absolute atomic E-state index is 6.49. The fraction of sp³-hybridized carbons (Fsp3) is 0.0667. The summed E-state index contributed by atoms with van der Waals surface area (Å²) in [4.78, 5) is 2.48. The van der Waals surface area contributed by atoms with Gasteiger partial charge in [0.2, 0.25) is 0 Å². The van der Waals surface area contributed by atoms with Gasteiger partial charge >= 0.3 is 0 Å². The molecule has 0 saturated carbocycles. The molecule has 48 heavy (non-hydrogen) atoms. The van der Waals surface area contributed by atoms with Crippen LogP contribution in [0.5, 0.6) is 0 Å². The lowest BCUT2D eigenvalue weighted by Crippen LogP contribution is -2.20. The molecule has 0 fully saturated rings. The molecule has 228 valence electrons. The lowest BCUT2D eigenvalue weighted by atomic mass is 9.81. The van der Waals surface area contributed by atoms with Crippen LogP contribution in [0.3, 0.4) is 0 Å². The summed E-state index contributed by atoms with van der Waals surface area (Å²) in [5, 5.41) is 4.69. The Morgan fingerprint density at radius 2 is 1.19 bits per heavy atom. The molecule has 0 radical (unpaired) electrons. The van der Waals surface area contributed by atoms with E-state index in [-0.39, 0.29) is 5.41 Å². The average Bonchev–Trinajstić information content (AvgIpc) is 3.75. The van der Waals surface area contributed by atoms with Gasteiger partial charge in [-0.3, -0.25) is 0 Å². The highest BCUT2D eigenvalue weighted by Crippen LogP contribution is 2.55. The number of aromatic nitrogens is 1. The van der Waals surface area contributed by atoms with Crippen LogP contribution in [0.1, 0.15) is 25.0 Å². The molecule has 7 aromatic carbocycles. The molecule has 0 spiro atoms. The molecular weight excluding hydrogens is 585 g/mol. The quantitative estimate of drug-likeness (QED) is 0.196. The van der Waals surface area contributed by atoms with E-state index in [0.717, 1.165) is 39.0 Å². The van der Waals surface area contributed by atoms with Crippen LogP contribution in [0.2, 0.25) is 0 Å². The summed E-state index contributed by atoms with van der Waals surface area (Å²) in [7, 11) is 0. The van der Waals surface area contributed by atoms with E-state index in [4.69, 9.17) is 4.42 Å². The van der Waals surface area contributed by atoms with Gasteiger partial charge < -0.3 is 13.9 Å². The van der Waals surface area contributed by atoms with Gasteiger partial charge in [0.1, 0.15) is 11.2 Å². The maximum Gasteiger partial charge on any atom is 0.137 e. The van der Waals surface area contributed by atoms with Gasteiger partial charge in [-0.2, -0.15) is 0 Å². The number of para-hydroxylation sites is 3. The molecule has 3 nitrogen and oxygen atoms in total. The number of benzene rings is 7. The van der Waals surface area contributed by atoms with Crippen LogP contribution in [-0.4, -0.2) is 4.57 Å². The van der Waals surface area contributed by atoms with E-state index < -0.39 is 0 Å². The van der Waals surface area contributed by atoms with Crippen molar-refractivity contribution in [1.29, 1.82) is 0 Å². The summed E-state index contributed by atoms with van der Waals surface area (Å²) < 4.78 is 8.88. The van der Waals surface area contributed by atoms with Crippen LogP contribution in [0.15, 0.2) is 162 Å². The maximum atomic E-state index is 6.49. The van der Waals surface area contributed by atoms with Crippen LogP contribution >= 0.6 is 0 Å². The topological polar surface area (TPSA) is 21.3 Å². The zero-order valence-corrected chi connectivity index (χ0v) is 26.8. The van der Waals surface area contributed by atoms with E-state index in [1.165, 1.54) is 49.7 Å². The van der Waals surface area contributed by atoms with E-state index >= 15 is 0 Å². The Morgan fingerprint density at radius 3 is 2.08 bits per heavy atom. The third-order valence-corrected chi connectivity index (χ3v) is 10.4. The predicted molar refractivity (Wildman–Crippen MR) is 200 cm³/mol. The highest BCUT2D eigenvalue weighted by Gasteiger charge is 2.39. The highest BCUT2D eigenvalue weighted by atomic mass is 16.3. The summed E-state index contributed by atoms with van der Waals surface area (Å²) in [5.41, 5.74) is 13.8. The molecule has 2 aromatic heterocycles. The summed E-state index contributed by atoms with van der Waals surface area (Å²) in [5.74, 6) is 0. The Bertz CT molecular complexity index is 2710. The van der Waals surface area contributed by atoms with Crippen LogP contribution in [0.25, 0.3) is 60.6 Å². The van der Waals surface area contributed by atoms with Crippen molar-refractivity contribution in [3.8, 4) is 16.8 Å². The molecule has 0 aliphatic heterocycles. The van der Waals surface area contributed by atoms with Crippen molar-refractivity contribution in [2.45, 2.75) is 19.3 Å². The lowest BCUT2D eigenvalue weighted by molar-refractivity contribution is 0.660. The van der Waals surface area contributed by atoms with E-state index in [1.807, 2.05) is 6.07 Å². The second kappa shape index (κ2) is 9.97. The molecule has 10 rings (SSSR count). The first-order valence-corrected chi connectivity index (χ1v) is 16.6. The Kier molecular flexibility index (Phi) is 5.63. The number of hydrogen-bond donors (Lipinski definition) is 0. The second-order valence-electron chi connectivity index (χ2n) is 13.3. The summed E-state index contributed by atoms with van der Waals surface area (Å²) in [6.45, 7) is 4.73. The van der Waals surface area contributed by atoms with E-state index in [0.29, 0.717) is 0 Å². The Balaban J connectivity index is 1.32. The summed E-state index contributed by atoms with van der Waals surface area (Å²) >= 11 is 0. The highest BCUT2D eigenvalue weighted by molar-refractivity contribution is 6.17. The molecule has 9 aromatic rings. The molecule has 1 aliphatic carbocycles. The molecule has 0 atom stereocenters. The largest absolute Gasteiger partial charge is 0.456 e. The third kappa shape index (κ3) is 3.70. The standard InChI is InChI=1S/C45H32N2O/c1-45(2)36-20-9-6-16-31(36)34-19-12-24-40(44(34)45)47(30-26-27-33-32-17-8-11-25-41(32)48-42(33)28-30)39-23-13-22-38-43(39)35-18-7-10-21-37(35)46(38)29-14-4-3-5-15-29/h3-28H,1-2H3. The number of rotatable bonds is 4. The van der Waals surface area contributed by atoms with Gasteiger partial charge in [0.25, 0.3) is 0 Å². The smallest absolute Gasteiger partial charge is 0.137 e. The SMILES string of the molecule is CC1(C)c2ccccc2-c2cccc(N(c3ccc4c(c3)oc3ccccc34)c3cccc4c3c3ccccc3n4-c3ccccc3)c21. The number of fused-ring (bicyclic) bond motifs is 9. The minimum Gasteiger partial charge on any atom is -0.456 e. The van der Waals surface area contributed by atoms with Gasteiger partial charge in [0.05, 0.1) is 22.4 Å². The minimum atomic E-state index is -0.198. The Morgan fingerprint density at radius 1 is 0.521 bits per heavy atom. The Labute approximate surface area is 278 Å². The van der Waals surface area contributed by atoms with Crippen molar-refractivity contribution >= 4 is 60.8 Å². The van der Waals surface area contributed by atoms with Gasteiger partial charge in [-0.25, -0.2) is 0 Å². The lowest BCUT2D eigenvalue weighted by Gasteiger charge is -2.32. The van der Waals surface area contributed by atoms with Gasteiger partial charge in [-0.05, 0) is 76.9 Å². The summed E-state index contributed by atoms with van der Waals surface area (Å²) in [6.07, 6.45) is 0.